The standard InChI is InChI=1S/C14H19FN2/c1-10(2)4-3-7-17-9-11-5-6-12(15)8-13(11)14(17)16/h5-6,8,10,16H,3-4,7,9H2,1-2H3. The molecule has 0 saturated carbocycles. The van der Waals surface area contributed by atoms with E-state index in [1.54, 1.807) is 6.07 Å². The van der Waals surface area contributed by atoms with E-state index in [-0.39, 0.29) is 5.82 Å². The second-order valence-corrected chi connectivity index (χ2v) is 5.11. The molecule has 1 aromatic rings. The molecule has 0 atom stereocenters. The Kier molecular flexibility index (Phi) is 3.46. The van der Waals surface area contributed by atoms with Crippen LogP contribution in [0.2, 0.25) is 0 Å². The molecule has 0 aromatic heterocycles. The Hall–Kier alpha value is -1.38. The van der Waals surface area contributed by atoms with Gasteiger partial charge in [-0.15, -0.1) is 0 Å². The average Bonchev–Trinajstić information content (AvgIpc) is 2.56. The molecule has 0 fully saturated rings. The first kappa shape index (κ1) is 12.1. The molecule has 0 amide bonds. The summed E-state index contributed by atoms with van der Waals surface area (Å²) in [4.78, 5) is 2.03. The fourth-order valence-electron chi connectivity index (χ4n) is 2.24. The van der Waals surface area contributed by atoms with Crippen molar-refractivity contribution >= 4 is 5.84 Å². The van der Waals surface area contributed by atoms with Crippen LogP contribution in [0, 0.1) is 17.1 Å². The normalized spacial score (nSPS) is 14.6. The van der Waals surface area contributed by atoms with Crippen LogP contribution in [0.4, 0.5) is 4.39 Å². The number of nitrogens with zero attached hydrogens (tertiary/aromatic N) is 1. The first-order valence-corrected chi connectivity index (χ1v) is 6.20. The largest absolute Gasteiger partial charge is 0.352 e. The molecular formula is C14H19FN2. The number of halogens is 1. The highest BCUT2D eigenvalue weighted by Gasteiger charge is 2.23. The summed E-state index contributed by atoms with van der Waals surface area (Å²) in [6, 6.07) is 4.74. The van der Waals surface area contributed by atoms with Gasteiger partial charge in [0.1, 0.15) is 11.7 Å². The van der Waals surface area contributed by atoms with E-state index in [1.165, 1.54) is 18.6 Å². The molecule has 2 rings (SSSR count). The van der Waals surface area contributed by atoms with E-state index in [4.69, 9.17) is 5.41 Å². The lowest BCUT2D eigenvalue weighted by atomic mass is 10.1. The molecule has 1 aliphatic rings. The Morgan fingerprint density at radius 1 is 1.41 bits per heavy atom. The molecule has 1 aliphatic heterocycles. The maximum absolute atomic E-state index is 13.1. The van der Waals surface area contributed by atoms with Crippen LogP contribution in [0.15, 0.2) is 18.2 Å². The summed E-state index contributed by atoms with van der Waals surface area (Å²) in [6.45, 7) is 6.07. The van der Waals surface area contributed by atoms with E-state index in [0.717, 1.165) is 30.6 Å². The minimum Gasteiger partial charge on any atom is -0.352 e. The zero-order valence-electron chi connectivity index (χ0n) is 10.5. The first-order valence-electron chi connectivity index (χ1n) is 6.20. The first-order chi connectivity index (χ1) is 8.08. The van der Waals surface area contributed by atoms with Crippen LogP contribution in [0.3, 0.4) is 0 Å². The number of hydrogen-bond donors (Lipinski definition) is 1. The average molecular weight is 234 g/mol. The fourth-order valence-corrected chi connectivity index (χ4v) is 2.24. The zero-order chi connectivity index (χ0) is 12.4. The smallest absolute Gasteiger partial charge is 0.128 e. The van der Waals surface area contributed by atoms with E-state index in [1.807, 2.05) is 4.90 Å². The van der Waals surface area contributed by atoms with Gasteiger partial charge in [-0.05, 0) is 36.5 Å². The summed E-state index contributed by atoms with van der Waals surface area (Å²) in [5.74, 6) is 0.924. The lowest BCUT2D eigenvalue weighted by molar-refractivity contribution is 0.394. The van der Waals surface area contributed by atoms with Crippen molar-refractivity contribution in [1.82, 2.24) is 4.90 Å². The summed E-state index contributed by atoms with van der Waals surface area (Å²) in [5.41, 5.74) is 1.83. The number of fused-ring (bicyclic) bond motifs is 1. The summed E-state index contributed by atoms with van der Waals surface area (Å²) in [6.07, 6.45) is 2.27. The van der Waals surface area contributed by atoms with Gasteiger partial charge >= 0.3 is 0 Å². The van der Waals surface area contributed by atoms with Crippen LogP contribution in [0.5, 0.6) is 0 Å². The Morgan fingerprint density at radius 3 is 2.88 bits per heavy atom. The summed E-state index contributed by atoms with van der Waals surface area (Å²) in [5, 5.41) is 8.03. The molecular weight excluding hydrogens is 215 g/mol. The third kappa shape index (κ3) is 2.65. The van der Waals surface area contributed by atoms with Crippen LogP contribution >= 0.6 is 0 Å². The van der Waals surface area contributed by atoms with Crippen molar-refractivity contribution in [1.29, 1.82) is 5.41 Å². The number of benzene rings is 1. The van der Waals surface area contributed by atoms with E-state index < -0.39 is 0 Å². The number of rotatable bonds is 4. The van der Waals surface area contributed by atoms with Gasteiger partial charge in [-0.2, -0.15) is 0 Å². The summed E-state index contributed by atoms with van der Waals surface area (Å²) in [7, 11) is 0. The van der Waals surface area contributed by atoms with Gasteiger partial charge in [0.25, 0.3) is 0 Å². The Morgan fingerprint density at radius 2 is 2.18 bits per heavy atom. The minimum absolute atomic E-state index is 0.252. The number of amidine groups is 1. The second-order valence-electron chi connectivity index (χ2n) is 5.11. The molecule has 0 saturated heterocycles. The Bertz CT molecular complexity index is 426. The van der Waals surface area contributed by atoms with E-state index in [9.17, 15) is 4.39 Å². The molecule has 0 radical (unpaired) electrons. The summed E-state index contributed by atoms with van der Waals surface area (Å²) >= 11 is 0. The lowest BCUT2D eigenvalue weighted by Gasteiger charge is -2.18. The highest BCUT2D eigenvalue weighted by molar-refractivity contribution is 6.00. The van der Waals surface area contributed by atoms with Gasteiger partial charge in [0.15, 0.2) is 0 Å². The van der Waals surface area contributed by atoms with Crippen LogP contribution in [-0.4, -0.2) is 17.3 Å². The fraction of sp³-hybridized carbons (Fsp3) is 0.500. The molecule has 2 nitrogen and oxygen atoms in total. The van der Waals surface area contributed by atoms with Crippen molar-refractivity contribution < 1.29 is 4.39 Å². The minimum atomic E-state index is -0.252. The maximum Gasteiger partial charge on any atom is 0.128 e. The molecule has 1 heterocycles. The van der Waals surface area contributed by atoms with Crippen molar-refractivity contribution in [3.05, 3.63) is 35.1 Å². The maximum atomic E-state index is 13.1. The molecule has 1 aromatic carbocycles. The molecule has 0 aliphatic carbocycles. The van der Waals surface area contributed by atoms with Gasteiger partial charge < -0.3 is 4.90 Å². The predicted octanol–water partition coefficient (Wildman–Crippen LogP) is 3.40. The third-order valence-corrected chi connectivity index (χ3v) is 3.21. The zero-order valence-corrected chi connectivity index (χ0v) is 10.5. The Labute approximate surface area is 102 Å². The van der Waals surface area contributed by atoms with Crippen LogP contribution < -0.4 is 0 Å². The van der Waals surface area contributed by atoms with Gasteiger partial charge in [-0.3, -0.25) is 5.41 Å². The SMILES string of the molecule is CC(C)CCCN1Cc2ccc(F)cc2C1=N. The number of nitrogens with one attached hydrogen (secondary N) is 1. The van der Waals surface area contributed by atoms with Crippen molar-refractivity contribution in [2.24, 2.45) is 5.92 Å². The monoisotopic (exact) mass is 234 g/mol. The quantitative estimate of drug-likeness (QED) is 0.849. The Balaban J connectivity index is 2.00. The molecule has 0 bridgehead atoms. The van der Waals surface area contributed by atoms with Crippen molar-refractivity contribution in [3.8, 4) is 0 Å². The number of hydrogen-bond acceptors (Lipinski definition) is 1. The van der Waals surface area contributed by atoms with Gasteiger partial charge in [0.05, 0.1) is 0 Å². The second kappa shape index (κ2) is 4.86. The predicted molar refractivity (Wildman–Crippen MR) is 67.7 cm³/mol. The molecule has 17 heavy (non-hydrogen) atoms. The molecule has 0 unspecified atom stereocenters. The highest BCUT2D eigenvalue weighted by atomic mass is 19.1. The molecule has 92 valence electrons. The summed E-state index contributed by atoms with van der Waals surface area (Å²) < 4.78 is 13.1. The van der Waals surface area contributed by atoms with Crippen molar-refractivity contribution in [3.63, 3.8) is 0 Å². The topological polar surface area (TPSA) is 27.1 Å². The van der Waals surface area contributed by atoms with E-state index in [0.29, 0.717) is 11.8 Å². The highest BCUT2D eigenvalue weighted by Crippen LogP contribution is 2.23. The molecule has 1 N–H and O–H groups in total. The van der Waals surface area contributed by atoms with Gasteiger partial charge in [0.2, 0.25) is 0 Å². The third-order valence-electron chi connectivity index (χ3n) is 3.21. The van der Waals surface area contributed by atoms with E-state index in [2.05, 4.69) is 13.8 Å². The van der Waals surface area contributed by atoms with Crippen LogP contribution in [0.1, 0.15) is 37.8 Å². The molecule has 3 heteroatoms. The van der Waals surface area contributed by atoms with Gasteiger partial charge in [-0.1, -0.05) is 19.9 Å². The van der Waals surface area contributed by atoms with Gasteiger partial charge in [0, 0.05) is 18.7 Å². The van der Waals surface area contributed by atoms with Gasteiger partial charge in [-0.25, -0.2) is 4.39 Å². The van der Waals surface area contributed by atoms with Crippen LogP contribution in [-0.2, 0) is 6.54 Å². The van der Waals surface area contributed by atoms with Crippen molar-refractivity contribution in [2.45, 2.75) is 33.2 Å². The van der Waals surface area contributed by atoms with Crippen molar-refractivity contribution in [2.75, 3.05) is 6.54 Å². The molecule has 0 spiro atoms. The van der Waals surface area contributed by atoms with E-state index >= 15 is 0 Å². The lowest BCUT2D eigenvalue weighted by Crippen LogP contribution is -2.25. The van der Waals surface area contributed by atoms with Crippen LogP contribution in [0.25, 0.3) is 0 Å².